The van der Waals surface area contributed by atoms with Gasteiger partial charge in [-0.15, -0.1) is 0 Å². The molecule has 1 heterocycles. The third-order valence-electron chi connectivity index (χ3n) is 2.69. The van der Waals surface area contributed by atoms with Gasteiger partial charge in [0.1, 0.15) is 0 Å². The van der Waals surface area contributed by atoms with Crippen LogP contribution >= 0.6 is 0 Å². The summed E-state index contributed by atoms with van der Waals surface area (Å²) in [6, 6.07) is 1.45. The second kappa shape index (κ2) is 4.67. The predicted octanol–water partition coefficient (Wildman–Crippen LogP) is 1.87. The highest BCUT2D eigenvalue weighted by atomic mass is 16.6. The molecule has 0 fully saturated rings. The summed E-state index contributed by atoms with van der Waals surface area (Å²) in [6.45, 7) is 6.86. The van der Waals surface area contributed by atoms with Crippen molar-refractivity contribution in [3.8, 4) is 0 Å². The Morgan fingerprint density at radius 1 is 1.59 bits per heavy atom. The van der Waals surface area contributed by atoms with E-state index in [1.807, 2.05) is 0 Å². The molecule has 0 aliphatic heterocycles. The molecule has 0 saturated carbocycles. The molecule has 1 unspecified atom stereocenters. The lowest BCUT2D eigenvalue weighted by molar-refractivity contribution is -0.384. The highest BCUT2D eigenvalue weighted by Crippen LogP contribution is 2.26. The minimum absolute atomic E-state index is 0.0845. The molecule has 6 heteroatoms. The predicted molar refractivity (Wildman–Crippen MR) is 65.0 cm³/mol. The van der Waals surface area contributed by atoms with E-state index in [-0.39, 0.29) is 11.5 Å². The summed E-state index contributed by atoms with van der Waals surface area (Å²) >= 11 is 0. The van der Waals surface area contributed by atoms with E-state index in [9.17, 15) is 15.2 Å². The van der Waals surface area contributed by atoms with E-state index in [2.05, 4.69) is 10.3 Å². The normalized spacial score (nSPS) is 13.2. The maximum absolute atomic E-state index is 10.9. The lowest BCUT2D eigenvalue weighted by atomic mass is 9.99. The van der Waals surface area contributed by atoms with Crippen LogP contribution in [0.2, 0.25) is 0 Å². The second-order valence-corrected chi connectivity index (χ2v) is 4.66. The zero-order chi connectivity index (χ0) is 13.2. The molecule has 94 valence electrons. The van der Waals surface area contributed by atoms with E-state index in [1.54, 1.807) is 33.9 Å². The third kappa shape index (κ3) is 3.13. The maximum atomic E-state index is 10.9. The van der Waals surface area contributed by atoms with Crippen LogP contribution in [0.5, 0.6) is 0 Å². The molecule has 1 rings (SSSR count). The SMILES string of the molecule is Cc1cnc(NC(C)(C)C(C)O)c([N+](=O)[O-])c1. The highest BCUT2D eigenvalue weighted by molar-refractivity contribution is 5.57. The minimum Gasteiger partial charge on any atom is -0.391 e. The lowest BCUT2D eigenvalue weighted by Crippen LogP contribution is -2.42. The quantitative estimate of drug-likeness (QED) is 0.618. The molecule has 2 N–H and O–H groups in total. The molecule has 1 atom stereocenters. The molecule has 1 aromatic heterocycles. The number of aromatic nitrogens is 1. The first-order chi connectivity index (χ1) is 7.74. The molecule has 0 saturated heterocycles. The molecule has 0 aromatic carbocycles. The average Bonchev–Trinajstić information content (AvgIpc) is 2.19. The molecule has 0 bridgehead atoms. The molecular formula is C11H17N3O3. The van der Waals surface area contributed by atoms with Gasteiger partial charge in [0.2, 0.25) is 5.82 Å². The number of nitro groups is 1. The van der Waals surface area contributed by atoms with Crippen molar-refractivity contribution in [3.05, 3.63) is 27.9 Å². The monoisotopic (exact) mass is 239 g/mol. The number of pyridine rings is 1. The van der Waals surface area contributed by atoms with Crippen LogP contribution in [0.25, 0.3) is 0 Å². The number of anilines is 1. The van der Waals surface area contributed by atoms with Crippen LogP contribution < -0.4 is 5.32 Å². The Kier molecular flexibility index (Phi) is 3.67. The summed E-state index contributed by atoms with van der Waals surface area (Å²) in [5.74, 6) is 0.173. The third-order valence-corrected chi connectivity index (χ3v) is 2.69. The molecule has 17 heavy (non-hydrogen) atoms. The fraction of sp³-hybridized carbons (Fsp3) is 0.545. The van der Waals surface area contributed by atoms with Crippen molar-refractivity contribution < 1.29 is 10.0 Å². The average molecular weight is 239 g/mol. The number of hydrogen-bond acceptors (Lipinski definition) is 5. The Bertz CT molecular complexity index is 430. The Balaban J connectivity index is 3.11. The van der Waals surface area contributed by atoms with Crippen LogP contribution in [0.3, 0.4) is 0 Å². The number of aliphatic hydroxyl groups is 1. The van der Waals surface area contributed by atoms with E-state index >= 15 is 0 Å². The van der Waals surface area contributed by atoms with E-state index in [1.165, 1.54) is 6.07 Å². The van der Waals surface area contributed by atoms with Gasteiger partial charge >= 0.3 is 5.69 Å². The summed E-state index contributed by atoms with van der Waals surface area (Å²) in [4.78, 5) is 14.4. The van der Waals surface area contributed by atoms with Gasteiger partial charge in [0, 0.05) is 12.3 Å². The molecule has 1 aromatic rings. The molecule has 0 spiro atoms. The first kappa shape index (κ1) is 13.4. The largest absolute Gasteiger partial charge is 0.391 e. The van der Waals surface area contributed by atoms with Gasteiger partial charge in [0.15, 0.2) is 0 Å². The van der Waals surface area contributed by atoms with Crippen LogP contribution in [0, 0.1) is 17.0 Å². The summed E-state index contributed by atoms with van der Waals surface area (Å²) in [6.07, 6.45) is 0.887. The molecule has 0 aliphatic carbocycles. The summed E-state index contributed by atoms with van der Waals surface area (Å²) < 4.78 is 0. The molecule has 0 amide bonds. The number of aliphatic hydroxyl groups excluding tert-OH is 1. The number of aryl methyl sites for hydroxylation is 1. The van der Waals surface area contributed by atoms with Crippen molar-refractivity contribution in [2.75, 3.05) is 5.32 Å². The molecular weight excluding hydrogens is 222 g/mol. The Morgan fingerprint density at radius 2 is 2.18 bits per heavy atom. The van der Waals surface area contributed by atoms with Crippen molar-refractivity contribution >= 4 is 11.5 Å². The smallest absolute Gasteiger partial charge is 0.311 e. The van der Waals surface area contributed by atoms with Crippen molar-refractivity contribution in [2.45, 2.75) is 39.3 Å². The van der Waals surface area contributed by atoms with Crippen molar-refractivity contribution in [2.24, 2.45) is 0 Å². The van der Waals surface area contributed by atoms with Crippen LogP contribution in [-0.4, -0.2) is 26.7 Å². The van der Waals surface area contributed by atoms with Crippen LogP contribution in [0.4, 0.5) is 11.5 Å². The van der Waals surface area contributed by atoms with Crippen LogP contribution in [0.15, 0.2) is 12.3 Å². The van der Waals surface area contributed by atoms with Crippen LogP contribution in [-0.2, 0) is 0 Å². The van der Waals surface area contributed by atoms with Gasteiger partial charge in [-0.3, -0.25) is 10.1 Å². The van der Waals surface area contributed by atoms with Crippen molar-refractivity contribution in [3.63, 3.8) is 0 Å². The first-order valence-corrected chi connectivity index (χ1v) is 5.31. The Hall–Kier alpha value is -1.69. The van der Waals surface area contributed by atoms with E-state index in [0.717, 1.165) is 5.56 Å². The number of nitrogens with one attached hydrogen (secondary N) is 1. The summed E-state index contributed by atoms with van der Waals surface area (Å²) in [5.41, 5.74) is -0.0525. The van der Waals surface area contributed by atoms with Gasteiger partial charge in [-0.05, 0) is 33.3 Å². The topological polar surface area (TPSA) is 88.3 Å². The number of hydrogen-bond donors (Lipinski definition) is 2. The van der Waals surface area contributed by atoms with Gasteiger partial charge in [-0.2, -0.15) is 0 Å². The fourth-order valence-corrected chi connectivity index (χ4v) is 1.20. The van der Waals surface area contributed by atoms with E-state index < -0.39 is 16.6 Å². The van der Waals surface area contributed by atoms with Gasteiger partial charge in [0.25, 0.3) is 0 Å². The fourth-order valence-electron chi connectivity index (χ4n) is 1.20. The van der Waals surface area contributed by atoms with Gasteiger partial charge < -0.3 is 10.4 Å². The first-order valence-electron chi connectivity index (χ1n) is 5.31. The summed E-state index contributed by atoms with van der Waals surface area (Å²) in [5, 5.41) is 23.4. The molecule has 0 aliphatic rings. The zero-order valence-electron chi connectivity index (χ0n) is 10.4. The van der Waals surface area contributed by atoms with Gasteiger partial charge in [0.05, 0.1) is 16.6 Å². The molecule has 0 radical (unpaired) electrons. The molecule has 6 nitrogen and oxygen atoms in total. The maximum Gasteiger partial charge on any atom is 0.311 e. The van der Waals surface area contributed by atoms with Crippen molar-refractivity contribution in [1.29, 1.82) is 0 Å². The standard InChI is InChI=1S/C11H17N3O3/c1-7-5-9(14(16)17)10(12-6-7)13-11(3,4)8(2)15/h5-6,8,15H,1-4H3,(H,12,13). The lowest BCUT2D eigenvalue weighted by Gasteiger charge is -2.29. The van der Waals surface area contributed by atoms with Crippen LogP contribution in [0.1, 0.15) is 26.3 Å². The highest BCUT2D eigenvalue weighted by Gasteiger charge is 2.27. The van der Waals surface area contributed by atoms with E-state index in [0.29, 0.717) is 0 Å². The second-order valence-electron chi connectivity index (χ2n) is 4.66. The van der Waals surface area contributed by atoms with Crippen molar-refractivity contribution in [1.82, 2.24) is 4.98 Å². The summed E-state index contributed by atoms with van der Waals surface area (Å²) in [7, 11) is 0. The zero-order valence-corrected chi connectivity index (χ0v) is 10.4. The van der Waals surface area contributed by atoms with Gasteiger partial charge in [-0.25, -0.2) is 4.98 Å². The van der Waals surface area contributed by atoms with Gasteiger partial charge in [-0.1, -0.05) is 0 Å². The van der Waals surface area contributed by atoms with E-state index in [4.69, 9.17) is 0 Å². The number of rotatable bonds is 4. The Morgan fingerprint density at radius 3 is 2.65 bits per heavy atom. The Labute approximate surface area is 99.8 Å². The number of nitrogens with zero attached hydrogens (tertiary/aromatic N) is 2. The minimum atomic E-state index is -0.687.